The number of ether oxygens (including phenoxy) is 1. The smallest absolute Gasteiger partial charge is 0.158 e. The number of aromatic nitrogens is 3. The van der Waals surface area contributed by atoms with E-state index >= 15 is 0 Å². The maximum atomic E-state index is 5.26. The summed E-state index contributed by atoms with van der Waals surface area (Å²) in [6.45, 7) is 4.56. The van der Waals surface area contributed by atoms with Gasteiger partial charge in [-0.25, -0.2) is 15.0 Å². The number of thiophene rings is 1. The molecule has 0 bridgehead atoms. The Morgan fingerprint density at radius 2 is 2.00 bits per heavy atom. The van der Waals surface area contributed by atoms with Crippen molar-refractivity contribution in [3.05, 3.63) is 57.6 Å². The topological polar surface area (TPSA) is 59.9 Å². The molecule has 0 aliphatic heterocycles. The molecule has 0 aliphatic carbocycles. The minimum Gasteiger partial charge on any atom is -0.377 e. The molecule has 1 aromatic carbocycles. The molecule has 7 heteroatoms. The third-order valence-electron chi connectivity index (χ3n) is 4.20. The Morgan fingerprint density at radius 1 is 1.19 bits per heavy atom. The highest BCUT2D eigenvalue weighted by Gasteiger charge is 2.18. The maximum absolute atomic E-state index is 5.26. The second-order valence-electron chi connectivity index (χ2n) is 6.29. The lowest BCUT2D eigenvalue weighted by atomic mass is 10.1. The Labute approximate surface area is 166 Å². The molecule has 1 N–H and O–H groups in total. The van der Waals surface area contributed by atoms with Crippen LogP contribution in [-0.2, 0) is 11.3 Å². The zero-order chi connectivity index (χ0) is 18.8. The minimum absolute atomic E-state index is 0.0562. The molecule has 5 nitrogen and oxygen atoms in total. The number of nitrogens with zero attached hydrogens (tertiary/aromatic N) is 3. The highest BCUT2D eigenvalue weighted by Crippen LogP contribution is 2.38. The molecular weight excluding hydrogens is 376 g/mol. The van der Waals surface area contributed by atoms with Gasteiger partial charge in [-0.1, -0.05) is 30.3 Å². The van der Waals surface area contributed by atoms with E-state index in [1.165, 1.54) is 4.88 Å². The van der Waals surface area contributed by atoms with E-state index < -0.39 is 0 Å². The molecule has 1 unspecified atom stereocenters. The van der Waals surface area contributed by atoms with Gasteiger partial charge in [-0.15, -0.1) is 22.7 Å². The first-order chi connectivity index (χ1) is 13.2. The number of benzene rings is 1. The summed E-state index contributed by atoms with van der Waals surface area (Å²) in [5.41, 5.74) is 2.30. The summed E-state index contributed by atoms with van der Waals surface area (Å²) in [5.74, 6) is 1.50. The molecule has 0 saturated heterocycles. The van der Waals surface area contributed by atoms with E-state index in [1.807, 2.05) is 24.4 Å². The summed E-state index contributed by atoms with van der Waals surface area (Å²) in [6.07, 6.45) is 1.91. The molecule has 0 fully saturated rings. The Balaban J connectivity index is 1.81. The molecule has 0 aliphatic rings. The second kappa shape index (κ2) is 7.72. The minimum atomic E-state index is 0.0562. The van der Waals surface area contributed by atoms with Crippen molar-refractivity contribution in [1.29, 1.82) is 0 Å². The van der Waals surface area contributed by atoms with E-state index in [2.05, 4.69) is 46.6 Å². The Bertz CT molecular complexity index is 1060. The van der Waals surface area contributed by atoms with Crippen molar-refractivity contribution in [2.75, 3.05) is 12.4 Å². The van der Waals surface area contributed by atoms with Gasteiger partial charge in [-0.05, 0) is 19.4 Å². The summed E-state index contributed by atoms with van der Waals surface area (Å²) < 4.78 is 5.26. The van der Waals surface area contributed by atoms with E-state index in [-0.39, 0.29) is 6.04 Å². The van der Waals surface area contributed by atoms with Crippen LogP contribution in [0.4, 0.5) is 5.82 Å². The van der Waals surface area contributed by atoms with E-state index in [9.17, 15) is 0 Å². The number of aryl methyl sites for hydroxylation is 1. The van der Waals surface area contributed by atoms with Gasteiger partial charge in [-0.2, -0.15) is 0 Å². The van der Waals surface area contributed by atoms with E-state index in [0.29, 0.717) is 12.4 Å². The lowest BCUT2D eigenvalue weighted by Gasteiger charge is -2.15. The van der Waals surface area contributed by atoms with Gasteiger partial charge in [0.15, 0.2) is 5.82 Å². The van der Waals surface area contributed by atoms with Crippen LogP contribution in [0, 0.1) is 6.92 Å². The number of methoxy groups -OCH3 is 1. The molecule has 0 spiro atoms. The summed E-state index contributed by atoms with van der Waals surface area (Å²) in [5, 5.41) is 7.80. The fourth-order valence-corrected chi connectivity index (χ4v) is 4.70. The van der Waals surface area contributed by atoms with Crippen molar-refractivity contribution < 1.29 is 4.74 Å². The number of hydrogen-bond acceptors (Lipinski definition) is 7. The highest BCUT2D eigenvalue weighted by molar-refractivity contribution is 7.17. The van der Waals surface area contributed by atoms with Gasteiger partial charge >= 0.3 is 0 Å². The zero-order valence-electron chi connectivity index (χ0n) is 15.4. The molecule has 0 radical (unpaired) electrons. The molecule has 4 aromatic rings. The van der Waals surface area contributed by atoms with E-state index in [1.54, 1.807) is 29.8 Å². The van der Waals surface area contributed by atoms with Gasteiger partial charge in [0.1, 0.15) is 22.3 Å². The fourth-order valence-electron chi connectivity index (χ4n) is 2.95. The number of rotatable bonds is 6. The fraction of sp³-hybridized carbons (Fsp3) is 0.250. The maximum Gasteiger partial charge on any atom is 0.158 e. The van der Waals surface area contributed by atoms with Gasteiger partial charge in [-0.3, -0.25) is 0 Å². The van der Waals surface area contributed by atoms with Crippen LogP contribution in [0.1, 0.15) is 28.7 Å². The van der Waals surface area contributed by atoms with Crippen molar-refractivity contribution >= 4 is 38.7 Å². The van der Waals surface area contributed by atoms with Crippen LogP contribution in [0.15, 0.2) is 41.9 Å². The van der Waals surface area contributed by atoms with Crippen LogP contribution in [-0.4, -0.2) is 22.1 Å². The van der Waals surface area contributed by atoms with E-state index in [4.69, 9.17) is 9.72 Å². The molecule has 1 atom stereocenters. The van der Waals surface area contributed by atoms with Crippen molar-refractivity contribution in [2.24, 2.45) is 0 Å². The van der Waals surface area contributed by atoms with Crippen LogP contribution in [0.2, 0.25) is 0 Å². The van der Waals surface area contributed by atoms with Gasteiger partial charge in [0, 0.05) is 29.1 Å². The number of fused-ring (bicyclic) bond motifs is 1. The molecular formula is C20H20N4OS2. The van der Waals surface area contributed by atoms with Gasteiger partial charge in [0.2, 0.25) is 0 Å². The Kier molecular flexibility index (Phi) is 5.15. The van der Waals surface area contributed by atoms with Crippen molar-refractivity contribution in [1.82, 2.24) is 15.0 Å². The lowest BCUT2D eigenvalue weighted by Crippen LogP contribution is -2.10. The third-order valence-corrected chi connectivity index (χ3v) is 6.17. The van der Waals surface area contributed by atoms with Crippen molar-refractivity contribution in [3.8, 4) is 11.1 Å². The summed E-state index contributed by atoms with van der Waals surface area (Å²) >= 11 is 3.33. The standard InChI is InChI=1S/C20H20N4OS2/c1-12-9-21-19(27-12)13(2)22-18-17-15(14-7-5-4-6-8-14)11-26-20(17)24-16(23-18)10-25-3/h4-9,11,13H,10H2,1-3H3,(H,22,23,24). The molecule has 138 valence electrons. The summed E-state index contributed by atoms with van der Waals surface area (Å²) in [7, 11) is 1.66. The molecule has 3 aromatic heterocycles. The van der Waals surface area contributed by atoms with Crippen molar-refractivity contribution in [3.63, 3.8) is 0 Å². The van der Waals surface area contributed by atoms with E-state index in [0.717, 1.165) is 32.2 Å². The molecule has 4 rings (SSSR count). The first-order valence-corrected chi connectivity index (χ1v) is 10.4. The van der Waals surface area contributed by atoms with Crippen LogP contribution in [0.3, 0.4) is 0 Å². The van der Waals surface area contributed by atoms with Crippen molar-refractivity contribution in [2.45, 2.75) is 26.5 Å². The van der Waals surface area contributed by atoms with Gasteiger partial charge < -0.3 is 10.1 Å². The Morgan fingerprint density at radius 3 is 2.70 bits per heavy atom. The Hall–Kier alpha value is -2.35. The SMILES string of the molecule is COCc1nc(NC(C)c2ncc(C)s2)c2c(-c3ccccc3)csc2n1. The molecule has 0 amide bonds. The summed E-state index contributed by atoms with van der Waals surface area (Å²) in [6, 6.07) is 10.4. The molecule has 3 heterocycles. The highest BCUT2D eigenvalue weighted by atomic mass is 32.1. The molecule has 27 heavy (non-hydrogen) atoms. The van der Waals surface area contributed by atoms with Gasteiger partial charge in [0.05, 0.1) is 11.4 Å². The average molecular weight is 397 g/mol. The predicted molar refractivity (Wildman–Crippen MR) is 112 cm³/mol. The number of thiazole rings is 1. The van der Waals surface area contributed by atoms with Crippen LogP contribution < -0.4 is 5.32 Å². The van der Waals surface area contributed by atoms with Crippen LogP contribution in [0.5, 0.6) is 0 Å². The molecule has 0 saturated carbocycles. The average Bonchev–Trinajstić information content (AvgIpc) is 3.29. The monoisotopic (exact) mass is 396 g/mol. The normalized spacial score (nSPS) is 12.4. The first kappa shape index (κ1) is 18.0. The third kappa shape index (κ3) is 3.71. The zero-order valence-corrected chi connectivity index (χ0v) is 17.0. The largest absolute Gasteiger partial charge is 0.377 e. The quantitative estimate of drug-likeness (QED) is 0.470. The number of anilines is 1. The van der Waals surface area contributed by atoms with Gasteiger partial charge in [0.25, 0.3) is 0 Å². The van der Waals surface area contributed by atoms with Crippen LogP contribution in [0.25, 0.3) is 21.3 Å². The second-order valence-corrected chi connectivity index (χ2v) is 8.42. The summed E-state index contributed by atoms with van der Waals surface area (Å²) in [4.78, 5) is 16.1. The number of nitrogens with one attached hydrogen (secondary N) is 1. The van der Waals surface area contributed by atoms with Crippen LogP contribution >= 0.6 is 22.7 Å². The number of hydrogen-bond donors (Lipinski definition) is 1. The predicted octanol–water partition coefficient (Wildman–Crippen LogP) is 5.44. The first-order valence-electron chi connectivity index (χ1n) is 8.67. The lowest BCUT2D eigenvalue weighted by molar-refractivity contribution is 0.178.